The molecule has 0 spiro atoms. The molecule has 0 radical (unpaired) electrons. The van der Waals surface area contributed by atoms with Crippen LogP contribution in [0.1, 0.15) is 6.42 Å². The van der Waals surface area contributed by atoms with Crippen LogP contribution in [0.5, 0.6) is 0 Å². The number of aromatic amines is 1. The second-order valence-corrected chi connectivity index (χ2v) is 3.90. The number of nitrogens with one attached hydrogen (secondary N) is 2. The molecule has 4 N–H and O–H groups in total. The Labute approximate surface area is 74.5 Å². The summed E-state index contributed by atoms with van der Waals surface area (Å²) < 4.78 is 0. The van der Waals surface area contributed by atoms with Crippen LogP contribution in [-0.4, -0.2) is 32.7 Å². The zero-order chi connectivity index (χ0) is 8.39. The van der Waals surface area contributed by atoms with Crippen molar-refractivity contribution in [3.63, 3.8) is 0 Å². The van der Waals surface area contributed by atoms with E-state index in [1.165, 1.54) is 12.2 Å². The topological polar surface area (TPSA) is 79.6 Å². The second-order valence-electron chi connectivity index (χ2n) is 2.75. The molecule has 1 aliphatic heterocycles. The smallest absolute Gasteiger partial charge is 0.243 e. The summed E-state index contributed by atoms with van der Waals surface area (Å²) in [6.45, 7) is 0. The molecule has 0 saturated carbocycles. The van der Waals surface area contributed by atoms with Gasteiger partial charge in [-0.05, 0) is 12.2 Å². The van der Waals surface area contributed by atoms with Gasteiger partial charge in [-0.2, -0.15) is 16.7 Å². The van der Waals surface area contributed by atoms with Gasteiger partial charge in [-0.3, -0.25) is 0 Å². The summed E-state index contributed by atoms with van der Waals surface area (Å²) in [5.41, 5.74) is 5.38. The summed E-state index contributed by atoms with van der Waals surface area (Å²) in [5, 5.41) is 9.70. The highest BCUT2D eigenvalue weighted by Crippen LogP contribution is 2.19. The first kappa shape index (κ1) is 7.72. The van der Waals surface area contributed by atoms with Crippen LogP contribution >= 0.6 is 11.8 Å². The van der Waals surface area contributed by atoms with Gasteiger partial charge in [0.15, 0.2) is 0 Å². The molecule has 2 rings (SSSR count). The number of anilines is 2. The molecule has 1 aromatic rings. The Morgan fingerprint density at radius 1 is 1.67 bits per heavy atom. The molecule has 1 unspecified atom stereocenters. The summed E-state index contributed by atoms with van der Waals surface area (Å²) in [6, 6.07) is 0.505. The highest BCUT2D eigenvalue weighted by molar-refractivity contribution is 7.99. The van der Waals surface area contributed by atoms with Crippen LogP contribution in [0.25, 0.3) is 0 Å². The van der Waals surface area contributed by atoms with E-state index >= 15 is 0 Å². The number of hydrogen-bond acceptors (Lipinski definition) is 5. The zero-order valence-corrected chi connectivity index (χ0v) is 7.40. The Morgan fingerprint density at radius 3 is 3.17 bits per heavy atom. The Morgan fingerprint density at radius 2 is 2.58 bits per heavy atom. The van der Waals surface area contributed by atoms with Crippen molar-refractivity contribution in [3.05, 3.63) is 0 Å². The molecule has 6 heteroatoms. The van der Waals surface area contributed by atoms with E-state index in [2.05, 4.69) is 20.5 Å². The molecule has 1 aromatic heterocycles. The van der Waals surface area contributed by atoms with Crippen molar-refractivity contribution >= 4 is 23.7 Å². The fourth-order valence-electron chi connectivity index (χ4n) is 1.17. The lowest BCUT2D eigenvalue weighted by Gasteiger charge is -2.07. The molecule has 2 heterocycles. The Balaban J connectivity index is 1.94. The van der Waals surface area contributed by atoms with Gasteiger partial charge in [0.25, 0.3) is 0 Å². The normalized spacial score (nSPS) is 22.8. The first-order valence-electron chi connectivity index (χ1n) is 3.87. The van der Waals surface area contributed by atoms with Gasteiger partial charge in [0, 0.05) is 11.8 Å². The van der Waals surface area contributed by atoms with Crippen molar-refractivity contribution in [2.75, 3.05) is 22.6 Å². The van der Waals surface area contributed by atoms with Gasteiger partial charge >= 0.3 is 0 Å². The van der Waals surface area contributed by atoms with Crippen LogP contribution in [0, 0.1) is 0 Å². The van der Waals surface area contributed by atoms with Crippen molar-refractivity contribution in [3.8, 4) is 0 Å². The molecule has 1 atom stereocenters. The molecular weight excluding hydrogens is 174 g/mol. The minimum Gasteiger partial charge on any atom is -0.368 e. The number of nitrogens with zero attached hydrogens (tertiary/aromatic N) is 2. The molecular formula is C6H11N5S. The summed E-state index contributed by atoms with van der Waals surface area (Å²) in [7, 11) is 0. The molecule has 12 heavy (non-hydrogen) atoms. The highest BCUT2D eigenvalue weighted by Gasteiger charge is 2.16. The first-order chi connectivity index (χ1) is 5.84. The van der Waals surface area contributed by atoms with Gasteiger partial charge in [0.05, 0.1) is 0 Å². The van der Waals surface area contributed by atoms with E-state index in [0.717, 1.165) is 5.75 Å². The van der Waals surface area contributed by atoms with Crippen LogP contribution in [0.2, 0.25) is 0 Å². The van der Waals surface area contributed by atoms with E-state index in [-0.39, 0.29) is 0 Å². The lowest BCUT2D eigenvalue weighted by atomic mass is 10.3. The van der Waals surface area contributed by atoms with E-state index < -0.39 is 0 Å². The Bertz CT molecular complexity index is 254. The minimum atomic E-state index is 0.364. The Hall–Kier alpha value is -0.910. The number of rotatable bonds is 2. The van der Waals surface area contributed by atoms with Crippen molar-refractivity contribution < 1.29 is 0 Å². The van der Waals surface area contributed by atoms with Gasteiger partial charge < -0.3 is 11.1 Å². The molecule has 66 valence electrons. The fraction of sp³-hybridized carbons (Fsp3) is 0.667. The van der Waals surface area contributed by atoms with E-state index in [9.17, 15) is 0 Å². The maximum absolute atomic E-state index is 5.38. The molecule has 0 aromatic carbocycles. The number of thioether (sulfide) groups is 1. The van der Waals surface area contributed by atoms with Gasteiger partial charge in [0.1, 0.15) is 0 Å². The van der Waals surface area contributed by atoms with Crippen LogP contribution < -0.4 is 11.1 Å². The Kier molecular flexibility index (Phi) is 2.07. The predicted octanol–water partition coefficient (Wildman–Crippen LogP) is 0.304. The summed E-state index contributed by atoms with van der Waals surface area (Å²) >= 11 is 1.95. The third kappa shape index (κ3) is 1.63. The fourth-order valence-corrected chi connectivity index (χ4v) is 2.32. The van der Waals surface area contributed by atoms with Gasteiger partial charge in [-0.25, -0.2) is 5.10 Å². The van der Waals surface area contributed by atoms with Crippen molar-refractivity contribution in [2.24, 2.45) is 0 Å². The first-order valence-corrected chi connectivity index (χ1v) is 5.02. The monoisotopic (exact) mass is 185 g/mol. The van der Waals surface area contributed by atoms with E-state index in [1.807, 2.05) is 11.8 Å². The number of hydrogen-bond donors (Lipinski definition) is 3. The molecule has 1 aliphatic rings. The standard InChI is InChI=1S/C6H11N5S/c7-5-9-6(11-10-5)8-4-1-2-12-3-4/h4H,1-3H2,(H4,7,8,9,10,11). The number of aromatic nitrogens is 3. The van der Waals surface area contributed by atoms with Crippen LogP contribution in [0.15, 0.2) is 0 Å². The molecule has 0 aliphatic carbocycles. The molecule has 1 saturated heterocycles. The largest absolute Gasteiger partial charge is 0.368 e. The number of H-pyrrole nitrogens is 1. The molecule has 0 bridgehead atoms. The average Bonchev–Trinajstić information content (AvgIpc) is 2.63. The molecule has 1 fully saturated rings. The lowest BCUT2D eigenvalue weighted by molar-refractivity contribution is 0.799. The zero-order valence-electron chi connectivity index (χ0n) is 6.58. The van der Waals surface area contributed by atoms with Crippen molar-refractivity contribution in [2.45, 2.75) is 12.5 Å². The average molecular weight is 185 g/mol. The van der Waals surface area contributed by atoms with Gasteiger partial charge in [0.2, 0.25) is 11.9 Å². The maximum atomic E-state index is 5.38. The molecule has 0 amide bonds. The van der Waals surface area contributed by atoms with Crippen LogP contribution in [-0.2, 0) is 0 Å². The SMILES string of the molecule is Nc1nc(NC2CCSC2)n[nH]1. The van der Waals surface area contributed by atoms with Crippen LogP contribution in [0.4, 0.5) is 11.9 Å². The van der Waals surface area contributed by atoms with Gasteiger partial charge in [-0.15, -0.1) is 5.10 Å². The van der Waals surface area contributed by atoms with Crippen molar-refractivity contribution in [1.82, 2.24) is 15.2 Å². The van der Waals surface area contributed by atoms with E-state index in [1.54, 1.807) is 0 Å². The third-order valence-corrected chi connectivity index (χ3v) is 2.93. The van der Waals surface area contributed by atoms with Gasteiger partial charge in [-0.1, -0.05) is 0 Å². The summed E-state index contributed by atoms with van der Waals surface area (Å²) in [5.74, 6) is 3.33. The van der Waals surface area contributed by atoms with E-state index in [0.29, 0.717) is 17.9 Å². The lowest BCUT2D eigenvalue weighted by Crippen LogP contribution is -2.18. The summed E-state index contributed by atoms with van der Waals surface area (Å²) in [4.78, 5) is 3.96. The summed E-state index contributed by atoms with van der Waals surface area (Å²) in [6.07, 6.45) is 1.18. The maximum Gasteiger partial charge on any atom is 0.243 e. The second kappa shape index (κ2) is 3.22. The number of nitrogen functional groups attached to an aromatic ring is 1. The minimum absolute atomic E-state index is 0.364. The number of nitrogens with two attached hydrogens (primary N) is 1. The van der Waals surface area contributed by atoms with Crippen LogP contribution in [0.3, 0.4) is 0 Å². The highest BCUT2D eigenvalue weighted by atomic mass is 32.2. The quantitative estimate of drug-likeness (QED) is 0.617. The molecule has 5 nitrogen and oxygen atoms in total. The predicted molar refractivity (Wildman–Crippen MR) is 50.1 cm³/mol. The third-order valence-electron chi connectivity index (χ3n) is 1.77. The van der Waals surface area contributed by atoms with Crippen molar-refractivity contribution in [1.29, 1.82) is 0 Å². The van der Waals surface area contributed by atoms with E-state index in [4.69, 9.17) is 5.73 Å².